The molecule has 0 radical (unpaired) electrons. The highest BCUT2D eigenvalue weighted by Crippen LogP contribution is 2.34. The zero-order valence-corrected chi connectivity index (χ0v) is 19.4. The Morgan fingerprint density at radius 2 is 1.97 bits per heavy atom. The summed E-state index contributed by atoms with van der Waals surface area (Å²) in [6.45, 7) is -0.357. The molecule has 0 unspecified atom stereocenters. The third kappa shape index (κ3) is 5.11. The summed E-state index contributed by atoms with van der Waals surface area (Å²) >= 11 is 5.34. The van der Waals surface area contributed by atoms with Crippen LogP contribution in [0.5, 0.6) is 11.5 Å². The number of methoxy groups -OCH3 is 1. The van der Waals surface area contributed by atoms with Gasteiger partial charge in [-0.3, -0.25) is 9.69 Å². The average Bonchev–Trinajstić information content (AvgIpc) is 2.95. The van der Waals surface area contributed by atoms with E-state index in [4.69, 9.17) is 14.6 Å². The molecule has 3 rings (SSSR count). The van der Waals surface area contributed by atoms with Crippen molar-refractivity contribution in [1.82, 2.24) is 10.2 Å². The Kier molecular flexibility index (Phi) is 6.98. The van der Waals surface area contributed by atoms with Crippen LogP contribution in [0.15, 0.2) is 46.6 Å². The number of carboxylic acid groups (broad SMARTS) is 1. The molecule has 0 saturated carbocycles. The maximum absolute atomic E-state index is 12.7. The van der Waals surface area contributed by atoms with Crippen LogP contribution in [-0.2, 0) is 16.1 Å². The van der Waals surface area contributed by atoms with E-state index in [1.54, 1.807) is 12.1 Å². The SMILES string of the molecule is COc1cc(/C=C2/NC(=O)N(Cc3ccc(Br)cc3)C2=O)cc(I)c1OCC(=O)O. The van der Waals surface area contributed by atoms with Gasteiger partial charge in [0, 0.05) is 4.47 Å². The number of nitrogens with zero attached hydrogens (tertiary/aromatic N) is 1. The van der Waals surface area contributed by atoms with Crippen LogP contribution in [0.3, 0.4) is 0 Å². The number of carbonyl (C=O) groups excluding carboxylic acids is 2. The second kappa shape index (κ2) is 9.47. The molecule has 1 heterocycles. The Balaban J connectivity index is 1.83. The number of rotatable bonds is 7. The van der Waals surface area contributed by atoms with E-state index in [2.05, 4.69) is 21.2 Å². The van der Waals surface area contributed by atoms with Gasteiger partial charge in [0.15, 0.2) is 18.1 Å². The molecule has 3 amide bonds. The fourth-order valence-electron chi connectivity index (χ4n) is 2.75. The van der Waals surface area contributed by atoms with Gasteiger partial charge in [-0.2, -0.15) is 0 Å². The number of carboxylic acids is 1. The standard InChI is InChI=1S/C20H16BrIN2O6/c1-29-16-8-12(6-14(22)18(16)30-10-17(25)26)7-15-19(27)24(20(28)23-15)9-11-2-4-13(21)5-3-11/h2-8H,9-10H2,1H3,(H,23,28)(H,25,26)/b15-7+. The topological polar surface area (TPSA) is 105 Å². The molecule has 0 aromatic heterocycles. The number of imide groups is 1. The Morgan fingerprint density at radius 1 is 1.27 bits per heavy atom. The highest BCUT2D eigenvalue weighted by Gasteiger charge is 2.33. The predicted octanol–water partition coefficient (Wildman–Crippen LogP) is 3.62. The summed E-state index contributed by atoms with van der Waals surface area (Å²) in [6.07, 6.45) is 1.54. The van der Waals surface area contributed by atoms with Crippen molar-refractivity contribution in [3.8, 4) is 11.5 Å². The van der Waals surface area contributed by atoms with Crippen LogP contribution < -0.4 is 14.8 Å². The molecule has 1 aliphatic rings. The molecular formula is C20H16BrIN2O6. The number of nitrogens with one attached hydrogen (secondary N) is 1. The first-order valence-electron chi connectivity index (χ1n) is 8.59. The molecule has 1 saturated heterocycles. The maximum Gasteiger partial charge on any atom is 0.341 e. The number of hydrogen-bond donors (Lipinski definition) is 2. The lowest BCUT2D eigenvalue weighted by molar-refractivity contribution is -0.139. The van der Waals surface area contributed by atoms with Gasteiger partial charge in [-0.15, -0.1) is 0 Å². The summed E-state index contributed by atoms with van der Waals surface area (Å²) in [5, 5.41) is 11.4. The summed E-state index contributed by atoms with van der Waals surface area (Å²) < 4.78 is 12.1. The quantitative estimate of drug-likeness (QED) is 0.292. The lowest BCUT2D eigenvalue weighted by Gasteiger charge is -2.12. The molecule has 0 aliphatic carbocycles. The van der Waals surface area contributed by atoms with Gasteiger partial charge in [-0.25, -0.2) is 9.59 Å². The van der Waals surface area contributed by atoms with Crippen LogP contribution in [0.25, 0.3) is 6.08 Å². The van der Waals surface area contributed by atoms with Gasteiger partial charge < -0.3 is 19.9 Å². The second-order valence-corrected chi connectivity index (χ2v) is 8.30. The van der Waals surface area contributed by atoms with Crippen molar-refractivity contribution >= 4 is 62.5 Å². The van der Waals surface area contributed by atoms with E-state index in [1.807, 2.05) is 46.9 Å². The monoisotopic (exact) mass is 586 g/mol. The molecule has 10 heteroatoms. The van der Waals surface area contributed by atoms with Crippen LogP contribution in [0.1, 0.15) is 11.1 Å². The van der Waals surface area contributed by atoms with Crippen molar-refractivity contribution < 1.29 is 29.0 Å². The van der Waals surface area contributed by atoms with Gasteiger partial charge in [0.25, 0.3) is 5.91 Å². The van der Waals surface area contributed by atoms with Crippen LogP contribution in [0.2, 0.25) is 0 Å². The van der Waals surface area contributed by atoms with Crippen molar-refractivity contribution in [2.75, 3.05) is 13.7 Å². The molecule has 2 aromatic carbocycles. The lowest BCUT2D eigenvalue weighted by Crippen LogP contribution is -2.30. The van der Waals surface area contributed by atoms with Gasteiger partial charge in [-0.05, 0) is 64.1 Å². The Hall–Kier alpha value is -2.60. The van der Waals surface area contributed by atoms with Gasteiger partial charge >= 0.3 is 12.0 Å². The van der Waals surface area contributed by atoms with Crippen LogP contribution in [0, 0.1) is 3.57 Å². The molecular weight excluding hydrogens is 571 g/mol. The van der Waals surface area contributed by atoms with Crippen LogP contribution in [0.4, 0.5) is 4.79 Å². The number of amides is 3. The molecule has 0 bridgehead atoms. The highest BCUT2D eigenvalue weighted by molar-refractivity contribution is 14.1. The first-order chi connectivity index (χ1) is 14.3. The normalized spacial score (nSPS) is 14.8. The minimum Gasteiger partial charge on any atom is -0.493 e. The fraction of sp³-hybridized carbons (Fsp3) is 0.150. The third-order valence-corrected chi connectivity index (χ3v) is 5.45. The van der Waals surface area contributed by atoms with Crippen LogP contribution >= 0.6 is 38.5 Å². The van der Waals surface area contributed by atoms with Crippen molar-refractivity contribution in [2.24, 2.45) is 0 Å². The van der Waals surface area contributed by atoms with Gasteiger partial charge in [-0.1, -0.05) is 28.1 Å². The van der Waals surface area contributed by atoms with E-state index in [-0.39, 0.29) is 12.2 Å². The van der Waals surface area contributed by atoms with Crippen molar-refractivity contribution in [3.63, 3.8) is 0 Å². The Bertz CT molecular complexity index is 1040. The molecule has 0 atom stereocenters. The first kappa shape index (κ1) is 22.1. The summed E-state index contributed by atoms with van der Waals surface area (Å²) in [4.78, 5) is 36.9. The molecule has 156 valence electrons. The van der Waals surface area contributed by atoms with Crippen molar-refractivity contribution in [2.45, 2.75) is 6.54 Å². The Labute approximate surface area is 194 Å². The molecule has 2 N–H and O–H groups in total. The van der Waals surface area contributed by atoms with Gasteiger partial charge in [0.2, 0.25) is 0 Å². The van der Waals surface area contributed by atoms with Gasteiger partial charge in [0.1, 0.15) is 5.70 Å². The number of carbonyl (C=O) groups is 3. The van der Waals surface area contributed by atoms with Crippen LogP contribution in [-0.4, -0.2) is 41.6 Å². The predicted molar refractivity (Wildman–Crippen MR) is 120 cm³/mol. The molecule has 2 aromatic rings. The van der Waals surface area contributed by atoms with E-state index in [9.17, 15) is 14.4 Å². The Morgan fingerprint density at radius 3 is 2.60 bits per heavy atom. The highest BCUT2D eigenvalue weighted by atomic mass is 127. The number of urea groups is 1. The smallest absolute Gasteiger partial charge is 0.341 e. The summed E-state index contributed by atoms with van der Waals surface area (Å²) in [6, 6.07) is 10.1. The number of ether oxygens (including phenoxy) is 2. The number of halogens is 2. The van der Waals surface area contributed by atoms with E-state index in [1.165, 1.54) is 13.2 Å². The molecule has 1 fully saturated rings. The van der Waals surface area contributed by atoms with E-state index in [0.29, 0.717) is 20.6 Å². The third-order valence-electron chi connectivity index (χ3n) is 4.12. The number of hydrogen-bond acceptors (Lipinski definition) is 5. The second-order valence-electron chi connectivity index (χ2n) is 6.22. The molecule has 0 spiro atoms. The number of benzene rings is 2. The number of aliphatic carboxylic acids is 1. The first-order valence-corrected chi connectivity index (χ1v) is 10.5. The van der Waals surface area contributed by atoms with E-state index < -0.39 is 24.5 Å². The summed E-state index contributed by atoms with van der Waals surface area (Å²) in [5.41, 5.74) is 1.54. The zero-order valence-electron chi connectivity index (χ0n) is 15.6. The lowest BCUT2D eigenvalue weighted by atomic mass is 10.1. The van der Waals surface area contributed by atoms with Gasteiger partial charge in [0.05, 0.1) is 17.2 Å². The summed E-state index contributed by atoms with van der Waals surface area (Å²) in [7, 11) is 1.43. The molecule has 1 aliphatic heterocycles. The van der Waals surface area contributed by atoms with E-state index in [0.717, 1.165) is 14.9 Å². The summed E-state index contributed by atoms with van der Waals surface area (Å²) in [5.74, 6) is -0.938. The minimum atomic E-state index is -1.11. The average molecular weight is 587 g/mol. The van der Waals surface area contributed by atoms with E-state index >= 15 is 0 Å². The molecule has 8 nitrogen and oxygen atoms in total. The van der Waals surface area contributed by atoms with Crippen molar-refractivity contribution in [1.29, 1.82) is 0 Å². The van der Waals surface area contributed by atoms with Crippen molar-refractivity contribution in [3.05, 3.63) is 61.3 Å². The fourth-order valence-corrected chi connectivity index (χ4v) is 3.80. The maximum atomic E-state index is 12.7. The largest absolute Gasteiger partial charge is 0.493 e. The minimum absolute atomic E-state index is 0.133. The zero-order chi connectivity index (χ0) is 21.8. The molecule has 30 heavy (non-hydrogen) atoms.